The third-order valence-corrected chi connectivity index (χ3v) is 2.30. The van der Waals surface area contributed by atoms with E-state index in [0.29, 0.717) is 11.4 Å². The number of hydrogen-bond acceptors (Lipinski definition) is 2. The number of carbonyl (C=O) groups is 1. The average molecular weight is 219 g/mol. The van der Waals surface area contributed by atoms with E-state index < -0.39 is 6.09 Å². The van der Waals surface area contributed by atoms with E-state index in [0.717, 1.165) is 5.56 Å². The summed E-state index contributed by atoms with van der Waals surface area (Å²) in [5.41, 5.74) is 1.11. The van der Waals surface area contributed by atoms with Crippen molar-refractivity contribution in [2.75, 3.05) is 5.32 Å². The van der Waals surface area contributed by atoms with Crippen molar-refractivity contribution in [3.8, 4) is 5.75 Å². The second kappa shape index (κ2) is 3.56. The van der Waals surface area contributed by atoms with Crippen LogP contribution in [0.3, 0.4) is 0 Å². The van der Waals surface area contributed by atoms with Gasteiger partial charge in [-0.2, -0.15) is 0 Å². The minimum atomic E-state index is -1.08. The Morgan fingerprint density at radius 3 is 2.88 bits per heavy atom. The predicted molar refractivity (Wildman–Crippen MR) is 61.8 cm³/mol. The number of ether oxygens (including phenoxy) is 1. The minimum absolute atomic E-state index is 0.352. The van der Waals surface area contributed by atoms with Crippen LogP contribution in [0.25, 0.3) is 6.08 Å². The lowest BCUT2D eigenvalue weighted by Crippen LogP contribution is -2.27. The zero-order valence-electron chi connectivity index (χ0n) is 9.15. The van der Waals surface area contributed by atoms with E-state index in [1.54, 1.807) is 12.1 Å². The second-order valence-electron chi connectivity index (χ2n) is 4.22. The first-order chi connectivity index (χ1) is 7.46. The Balaban J connectivity index is 2.33. The van der Waals surface area contributed by atoms with Crippen molar-refractivity contribution in [2.24, 2.45) is 0 Å². The van der Waals surface area contributed by atoms with Crippen LogP contribution in [0.15, 0.2) is 24.3 Å². The molecule has 0 spiro atoms. The minimum Gasteiger partial charge on any atom is -0.483 e. The van der Waals surface area contributed by atoms with Crippen LogP contribution in [0.5, 0.6) is 5.75 Å². The largest absolute Gasteiger partial charge is 0.483 e. The van der Waals surface area contributed by atoms with Crippen LogP contribution in [0.4, 0.5) is 10.5 Å². The summed E-state index contributed by atoms with van der Waals surface area (Å²) >= 11 is 0. The Morgan fingerprint density at radius 2 is 2.19 bits per heavy atom. The Kier molecular flexibility index (Phi) is 2.34. The zero-order chi connectivity index (χ0) is 11.8. The van der Waals surface area contributed by atoms with Crippen molar-refractivity contribution < 1.29 is 14.6 Å². The molecule has 4 heteroatoms. The third kappa shape index (κ3) is 2.16. The first kappa shape index (κ1) is 10.5. The summed E-state index contributed by atoms with van der Waals surface area (Å²) in [5.74, 6) is 0.693. The van der Waals surface area contributed by atoms with Gasteiger partial charge in [-0.05, 0) is 32.1 Å². The summed E-state index contributed by atoms with van der Waals surface area (Å²) < 4.78 is 5.72. The Labute approximate surface area is 93.5 Å². The lowest BCUT2D eigenvalue weighted by atomic mass is 10.0. The number of amides is 1. The molecule has 1 amide bonds. The van der Waals surface area contributed by atoms with E-state index in [4.69, 9.17) is 9.84 Å². The van der Waals surface area contributed by atoms with Gasteiger partial charge in [0.1, 0.15) is 11.4 Å². The van der Waals surface area contributed by atoms with E-state index in [1.807, 2.05) is 32.1 Å². The number of anilines is 1. The fourth-order valence-electron chi connectivity index (χ4n) is 1.57. The van der Waals surface area contributed by atoms with Crippen LogP contribution >= 0.6 is 0 Å². The van der Waals surface area contributed by atoms with Crippen molar-refractivity contribution in [2.45, 2.75) is 19.4 Å². The van der Waals surface area contributed by atoms with E-state index >= 15 is 0 Å². The van der Waals surface area contributed by atoms with Gasteiger partial charge in [0.15, 0.2) is 0 Å². The molecule has 0 unspecified atom stereocenters. The summed E-state index contributed by atoms with van der Waals surface area (Å²) in [6.07, 6.45) is 2.87. The summed E-state index contributed by atoms with van der Waals surface area (Å²) in [6, 6.07) is 5.22. The summed E-state index contributed by atoms with van der Waals surface area (Å²) in [4.78, 5) is 10.5. The molecular weight excluding hydrogens is 206 g/mol. The lowest BCUT2D eigenvalue weighted by molar-refractivity contribution is 0.159. The van der Waals surface area contributed by atoms with Gasteiger partial charge in [-0.15, -0.1) is 0 Å². The molecule has 0 aliphatic carbocycles. The summed E-state index contributed by atoms with van der Waals surface area (Å²) in [7, 11) is 0. The van der Waals surface area contributed by atoms with Crippen LogP contribution in [-0.2, 0) is 0 Å². The normalized spacial score (nSPS) is 16.1. The molecule has 0 saturated heterocycles. The molecule has 4 nitrogen and oxygen atoms in total. The summed E-state index contributed by atoms with van der Waals surface area (Å²) in [6.45, 7) is 3.90. The molecule has 2 N–H and O–H groups in total. The van der Waals surface area contributed by atoms with Gasteiger partial charge in [0.2, 0.25) is 0 Å². The van der Waals surface area contributed by atoms with Crippen LogP contribution < -0.4 is 10.1 Å². The monoisotopic (exact) mass is 219 g/mol. The number of benzene rings is 1. The first-order valence-electron chi connectivity index (χ1n) is 4.98. The van der Waals surface area contributed by atoms with E-state index in [2.05, 4.69) is 5.32 Å². The van der Waals surface area contributed by atoms with E-state index in [1.165, 1.54) is 0 Å². The predicted octanol–water partition coefficient (Wildman–Crippen LogP) is 2.96. The summed E-state index contributed by atoms with van der Waals surface area (Å²) in [5, 5.41) is 10.9. The molecule has 1 aliphatic heterocycles. The highest BCUT2D eigenvalue weighted by atomic mass is 16.5. The quantitative estimate of drug-likeness (QED) is 0.763. The molecule has 0 bridgehead atoms. The fourth-order valence-corrected chi connectivity index (χ4v) is 1.57. The lowest BCUT2D eigenvalue weighted by Gasteiger charge is -2.28. The average Bonchev–Trinajstić information content (AvgIpc) is 2.14. The van der Waals surface area contributed by atoms with Gasteiger partial charge in [0.05, 0.1) is 0 Å². The number of rotatable bonds is 1. The van der Waals surface area contributed by atoms with E-state index in [-0.39, 0.29) is 5.60 Å². The topological polar surface area (TPSA) is 58.6 Å². The number of fused-ring (bicyclic) bond motifs is 1. The Bertz CT molecular complexity index is 463. The molecule has 0 fully saturated rings. The number of nitrogens with one attached hydrogen (secondary N) is 1. The van der Waals surface area contributed by atoms with Crippen LogP contribution in [-0.4, -0.2) is 16.8 Å². The van der Waals surface area contributed by atoms with Crippen molar-refractivity contribution in [3.63, 3.8) is 0 Å². The maximum absolute atomic E-state index is 10.5. The van der Waals surface area contributed by atoms with Gasteiger partial charge in [-0.25, -0.2) is 4.79 Å². The smallest absolute Gasteiger partial charge is 0.409 e. The molecule has 16 heavy (non-hydrogen) atoms. The molecule has 0 radical (unpaired) electrons. The zero-order valence-corrected chi connectivity index (χ0v) is 9.15. The second-order valence-corrected chi connectivity index (χ2v) is 4.22. The SMILES string of the molecule is CC1(C)C=Cc2ccc(NC(=O)O)cc2O1. The van der Waals surface area contributed by atoms with Crippen LogP contribution in [0.2, 0.25) is 0 Å². The molecule has 0 atom stereocenters. The Morgan fingerprint density at radius 1 is 1.44 bits per heavy atom. The van der Waals surface area contributed by atoms with Crippen LogP contribution in [0.1, 0.15) is 19.4 Å². The van der Waals surface area contributed by atoms with Gasteiger partial charge >= 0.3 is 6.09 Å². The van der Waals surface area contributed by atoms with Gasteiger partial charge in [-0.3, -0.25) is 5.32 Å². The maximum Gasteiger partial charge on any atom is 0.409 e. The van der Waals surface area contributed by atoms with Crippen molar-refractivity contribution in [3.05, 3.63) is 29.8 Å². The molecule has 0 aromatic heterocycles. The van der Waals surface area contributed by atoms with Crippen molar-refractivity contribution >= 4 is 17.9 Å². The molecule has 1 aromatic rings. The molecule has 2 rings (SSSR count). The van der Waals surface area contributed by atoms with Gasteiger partial charge in [0, 0.05) is 17.3 Å². The maximum atomic E-state index is 10.5. The highest BCUT2D eigenvalue weighted by Gasteiger charge is 2.21. The first-order valence-corrected chi connectivity index (χ1v) is 4.98. The van der Waals surface area contributed by atoms with Gasteiger partial charge in [0.25, 0.3) is 0 Å². The van der Waals surface area contributed by atoms with Crippen molar-refractivity contribution in [1.82, 2.24) is 0 Å². The highest BCUT2D eigenvalue weighted by molar-refractivity contribution is 5.83. The standard InChI is InChI=1S/C12H13NO3/c1-12(2)6-5-8-3-4-9(13-11(14)15)7-10(8)16-12/h3-7,13H,1-2H3,(H,14,15). The van der Waals surface area contributed by atoms with Gasteiger partial charge < -0.3 is 9.84 Å². The van der Waals surface area contributed by atoms with Gasteiger partial charge in [-0.1, -0.05) is 6.08 Å². The Hall–Kier alpha value is -1.97. The highest BCUT2D eigenvalue weighted by Crippen LogP contribution is 2.32. The molecular formula is C12H13NO3. The number of hydrogen-bond donors (Lipinski definition) is 2. The molecule has 0 saturated carbocycles. The van der Waals surface area contributed by atoms with E-state index in [9.17, 15) is 4.79 Å². The van der Waals surface area contributed by atoms with Crippen molar-refractivity contribution in [1.29, 1.82) is 0 Å². The van der Waals surface area contributed by atoms with Crippen LogP contribution in [0, 0.1) is 0 Å². The third-order valence-electron chi connectivity index (χ3n) is 2.30. The number of carboxylic acid groups (broad SMARTS) is 1. The molecule has 1 aliphatic rings. The fraction of sp³-hybridized carbons (Fsp3) is 0.250. The molecule has 1 heterocycles. The molecule has 1 aromatic carbocycles. The molecule has 84 valence electrons.